The molecule has 9 heteroatoms. The number of hydrogen-bond donors (Lipinski definition) is 3. The van der Waals surface area contributed by atoms with E-state index in [0.29, 0.717) is 34.1 Å². The molecule has 0 saturated carbocycles. The topological polar surface area (TPSA) is 120 Å². The fourth-order valence-electron chi connectivity index (χ4n) is 3.67. The molecule has 1 amide bonds. The number of carbonyl (C=O) groups is 1. The van der Waals surface area contributed by atoms with Crippen molar-refractivity contribution in [3.05, 3.63) is 72.3 Å². The number of pyridine rings is 1. The molecule has 3 heterocycles. The first-order valence-electron chi connectivity index (χ1n) is 11.2. The Morgan fingerprint density at radius 3 is 2.71 bits per heavy atom. The van der Waals surface area contributed by atoms with Crippen LogP contribution in [0.2, 0.25) is 0 Å². The van der Waals surface area contributed by atoms with Crippen molar-refractivity contribution in [2.75, 3.05) is 16.0 Å². The number of nitrogens with one attached hydrogen (secondary N) is 3. The lowest BCUT2D eigenvalue weighted by Gasteiger charge is -2.18. The van der Waals surface area contributed by atoms with E-state index in [1.165, 1.54) is 10.7 Å². The van der Waals surface area contributed by atoms with Gasteiger partial charge >= 0.3 is 0 Å². The highest BCUT2D eigenvalue weighted by Gasteiger charge is 2.18. The van der Waals surface area contributed by atoms with Crippen LogP contribution in [-0.4, -0.2) is 31.5 Å². The summed E-state index contributed by atoms with van der Waals surface area (Å²) in [4.78, 5) is 21.5. The number of nitriles is 1. The fourth-order valence-corrected chi connectivity index (χ4v) is 3.67. The molecule has 0 saturated heterocycles. The van der Waals surface area contributed by atoms with Crippen LogP contribution in [0.25, 0.3) is 5.65 Å². The van der Waals surface area contributed by atoms with Gasteiger partial charge in [-0.15, -0.1) is 5.10 Å². The number of aromatic nitrogens is 4. The summed E-state index contributed by atoms with van der Waals surface area (Å²) in [5.41, 5.74) is 3.38. The van der Waals surface area contributed by atoms with Crippen LogP contribution in [0.15, 0.2) is 61.1 Å². The van der Waals surface area contributed by atoms with Crippen molar-refractivity contribution in [3.8, 4) is 6.07 Å². The average Bonchev–Trinajstić information content (AvgIpc) is 3.29. The third kappa shape index (κ3) is 5.13. The van der Waals surface area contributed by atoms with Gasteiger partial charge in [0.05, 0.1) is 23.5 Å². The van der Waals surface area contributed by atoms with Gasteiger partial charge in [0.15, 0.2) is 11.3 Å². The highest BCUT2D eigenvalue weighted by molar-refractivity contribution is 6.03. The Balaban J connectivity index is 1.74. The quantitative estimate of drug-likeness (QED) is 0.326. The van der Waals surface area contributed by atoms with Crippen molar-refractivity contribution in [1.29, 1.82) is 5.26 Å². The summed E-state index contributed by atoms with van der Waals surface area (Å²) in [5.74, 6) is 0.295. The summed E-state index contributed by atoms with van der Waals surface area (Å²) in [6, 6.07) is 14.9. The predicted octanol–water partition coefficient (Wildman–Crippen LogP) is 4.98. The highest BCUT2D eigenvalue weighted by atomic mass is 16.2. The van der Waals surface area contributed by atoms with Crippen LogP contribution in [-0.2, 0) is 0 Å². The maximum absolute atomic E-state index is 13.0. The van der Waals surface area contributed by atoms with Gasteiger partial charge in [-0.05, 0) is 43.2 Å². The van der Waals surface area contributed by atoms with Crippen LogP contribution in [0, 0.1) is 11.3 Å². The first kappa shape index (κ1) is 22.7. The van der Waals surface area contributed by atoms with E-state index in [1.807, 2.05) is 18.2 Å². The van der Waals surface area contributed by atoms with Gasteiger partial charge in [0.1, 0.15) is 5.82 Å². The summed E-state index contributed by atoms with van der Waals surface area (Å²) >= 11 is 0. The zero-order valence-corrected chi connectivity index (χ0v) is 19.1. The maximum atomic E-state index is 13.0. The van der Waals surface area contributed by atoms with Crippen molar-refractivity contribution in [1.82, 2.24) is 19.6 Å². The maximum Gasteiger partial charge on any atom is 0.276 e. The normalized spacial score (nSPS) is 11.6. The van der Waals surface area contributed by atoms with E-state index in [0.717, 1.165) is 24.9 Å². The zero-order chi connectivity index (χ0) is 23.9. The smallest absolute Gasteiger partial charge is 0.276 e. The molecule has 9 nitrogen and oxygen atoms in total. The minimum Gasteiger partial charge on any atom is -0.366 e. The number of nitrogens with zero attached hydrogens (tertiary/aromatic N) is 5. The molecule has 4 aromatic rings. The van der Waals surface area contributed by atoms with Gasteiger partial charge in [-0.25, -0.2) is 9.50 Å². The second-order valence-electron chi connectivity index (χ2n) is 7.87. The number of amides is 1. The van der Waals surface area contributed by atoms with Crippen molar-refractivity contribution >= 4 is 34.4 Å². The molecule has 1 aromatic carbocycles. The van der Waals surface area contributed by atoms with E-state index >= 15 is 0 Å². The fraction of sp³-hybridized carbons (Fsp3) is 0.240. The minimum atomic E-state index is -0.332. The van der Waals surface area contributed by atoms with Gasteiger partial charge in [-0.3, -0.25) is 9.78 Å². The average molecular weight is 455 g/mol. The number of hydrogen-bond acceptors (Lipinski definition) is 7. The molecular formula is C25H26N8O. The molecule has 0 radical (unpaired) electrons. The molecule has 0 bridgehead atoms. The van der Waals surface area contributed by atoms with Crippen LogP contribution < -0.4 is 16.0 Å². The number of imidazole rings is 1. The first-order chi connectivity index (χ1) is 16.6. The lowest BCUT2D eigenvalue weighted by molar-refractivity contribution is 0.102. The van der Waals surface area contributed by atoms with E-state index in [9.17, 15) is 10.1 Å². The van der Waals surface area contributed by atoms with Gasteiger partial charge in [-0.1, -0.05) is 26.3 Å². The summed E-state index contributed by atoms with van der Waals surface area (Å²) in [6.07, 6.45) is 7.72. The lowest BCUT2D eigenvalue weighted by atomic mass is 10.1. The Labute approximate surface area is 197 Å². The van der Waals surface area contributed by atoms with Crippen molar-refractivity contribution < 1.29 is 4.79 Å². The van der Waals surface area contributed by atoms with Crippen molar-refractivity contribution in [3.63, 3.8) is 0 Å². The molecule has 0 spiro atoms. The van der Waals surface area contributed by atoms with Gasteiger partial charge in [0, 0.05) is 35.9 Å². The molecule has 3 aromatic heterocycles. The highest BCUT2D eigenvalue weighted by Crippen LogP contribution is 2.26. The van der Waals surface area contributed by atoms with Crippen molar-refractivity contribution in [2.45, 2.75) is 39.2 Å². The van der Waals surface area contributed by atoms with E-state index in [1.54, 1.807) is 36.7 Å². The number of anilines is 4. The standard InChI is InChI=1S/C25H26N8O/c1-3-6-18(4-2)30-23-14-21(29-20-8-5-7-17(13-20)15-26)24-28-16-22(33(24)32-23)25(34)31-19-9-11-27-12-10-19/h5,7-14,16,18,29H,3-4,6H2,1-2H3,(H,30,32)(H,27,31,34)/t18-/m1/s1. The lowest BCUT2D eigenvalue weighted by Crippen LogP contribution is -2.21. The van der Waals surface area contributed by atoms with Gasteiger partial charge in [0.2, 0.25) is 0 Å². The molecule has 172 valence electrons. The number of carbonyl (C=O) groups excluding carboxylic acids is 1. The van der Waals surface area contributed by atoms with E-state index < -0.39 is 0 Å². The van der Waals surface area contributed by atoms with E-state index in [-0.39, 0.29) is 11.9 Å². The molecule has 3 N–H and O–H groups in total. The summed E-state index contributed by atoms with van der Waals surface area (Å²) in [6.45, 7) is 4.27. The number of rotatable bonds is 9. The molecule has 0 fully saturated rings. The molecule has 1 atom stereocenters. The summed E-state index contributed by atoms with van der Waals surface area (Å²) < 4.78 is 1.54. The predicted molar refractivity (Wildman–Crippen MR) is 132 cm³/mol. The zero-order valence-electron chi connectivity index (χ0n) is 19.1. The molecule has 0 aliphatic rings. The van der Waals surface area contributed by atoms with Crippen molar-refractivity contribution in [2.24, 2.45) is 0 Å². The molecule has 34 heavy (non-hydrogen) atoms. The van der Waals surface area contributed by atoms with Crippen LogP contribution in [0.5, 0.6) is 0 Å². The van der Waals surface area contributed by atoms with E-state index in [2.05, 4.69) is 50.9 Å². The Morgan fingerprint density at radius 2 is 1.97 bits per heavy atom. The number of fused-ring (bicyclic) bond motifs is 1. The van der Waals surface area contributed by atoms with Crippen LogP contribution in [0.3, 0.4) is 0 Å². The van der Waals surface area contributed by atoms with Crippen LogP contribution in [0.1, 0.15) is 49.2 Å². The molecule has 4 rings (SSSR count). The molecular weight excluding hydrogens is 428 g/mol. The summed E-state index contributed by atoms with van der Waals surface area (Å²) in [7, 11) is 0. The Hall–Kier alpha value is -4.45. The second kappa shape index (κ2) is 10.4. The molecule has 0 unspecified atom stereocenters. The molecule has 0 aliphatic carbocycles. The van der Waals surface area contributed by atoms with Crippen LogP contribution >= 0.6 is 0 Å². The Bertz CT molecular complexity index is 1330. The van der Waals surface area contributed by atoms with E-state index in [4.69, 9.17) is 0 Å². The molecule has 0 aliphatic heterocycles. The monoisotopic (exact) mass is 454 g/mol. The van der Waals surface area contributed by atoms with Gasteiger partial charge < -0.3 is 16.0 Å². The minimum absolute atomic E-state index is 0.252. The Morgan fingerprint density at radius 1 is 1.15 bits per heavy atom. The van der Waals surface area contributed by atoms with Gasteiger partial charge in [0.25, 0.3) is 5.91 Å². The third-order valence-electron chi connectivity index (χ3n) is 5.39. The SMILES string of the molecule is CCC[C@@H](CC)Nc1cc(Nc2cccc(C#N)c2)c2ncc(C(=O)Nc3ccncc3)n2n1. The third-order valence-corrected chi connectivity index (χ3v) is 5.39. The Kier molecular flexibility index (Phi) is 6.98. The summed E-state index contributed by atoms with van der Waals surface area (Å²) in [5, 5.41) is 23.6. The van der Waals surface area contributed by atoms with Crippen LogP contribution in [0.4, 0.5) is 22.9 Å². The first-order valence-corrected chi connectivity index (χ1v) is 11.2. The largest absolute Gasteiger partial charge is 0.366 e. The van der Waals surface area contributed by atoms with Gasteiger partial charge in [-0.2, -0.15) is 5.26 Å². The second-order valence-corrected chi connectivity index (χ2v) is 7.87. The number of benzene rings is 1.